The van der Waals surface area contributed by atoms with Crippen molar-refractivity contribution in [1.82, 2.24) is 5.32 Å². The molecule has 4 unspecified atom stereocenters. The molecule has 1 heterocycles. The number of Topliss-reactive ketones (excluding diaryl/α,β-unsaturated/α-hetero) is 1. The van der Waals surface area contributed by atoms with Crippen LogP contribution in [0.2, 0.25) is 0 Å². The molecule has 1 saturated carbocycles. The van der Waals surface area contributed by atoms with Gasteiger partial charge in [0.1, 0.15) is 5.78 Å². The molecule has 3 heteroatoms. The molecule has 0 aromatic rings. The molecule has 2 nitrogen and oxygen atoms in total. The van der Waals surface area contributed by atoms with Crippen molar-refractivity contribution in [3.05, 3.63) is 0 Å². The van der Waals surface area contributed by atoms with Gasteiger partial charge in [0, 0.05) is 36.4 Å². The summed E-state index contributed by atoms with van der Waals surface area (Å²) in [4.78, 5) is 12.3. The van der Waals surface area contributed by atoms with Crippen molar-refractivity contribution < 1.29 is 4.79 Å². The molecule has 0 aromatic carbocycles. The highest BCUT2D eigenvalue weighted by Crippen LogP contribution is 2.34. The second-order valence-corrected chi connectivity index (χ2v) is 7.01. The Bertz CT molecular complexity index is 263. The van der Waals surface area contributed by atoms with E-state index >= 15 is 0 Å². The molecule has 0 radical (unpaired) electrons. The molecule has 0 amide bonds. The van der Waals surface area contributed by atoms with Gasteiger partial charge in [0.25, 0.3) is 0 Å². The summed E-state index contributed by atoms with van der Waals surface area (Å²) >= 11 is 1.98. The lowest BCUT2D eigenvalue weighted by Gasteiger charge is -2.32. The number of thioether (sulfide) groups is 1. The van der Waals surface area contributed by atoms with E-state index in [9.17, 15) is 4.79 Å². The van der Waals surface area contributed by atoms with Crippen LogP contribution in [0.5, 0.6) is 0 Å². The average molecular weight is 255 g/mol. The molecule has 0 spiro atoms. The van der Waals surface area contributed by atoms with E-state index in [0.717, 1.165) is 43.4 Å². The molecule has 17 heavy (non-hydrogen) atoms. The van der Waals surface area contributed by atoms with Crippen molar-refractivity contribution >= 4 is 17.5 Å². The number of hydrogen-bond donors (Lipinski definition) is 1. The Morgan fingerprint density at radius 1 is 1.29 bits per heavy atom. The van der Waals surface area contributed by atoms with Gasteiger partial charge < -0.3 is 5.32 Å². The van der Waals surface area contributed by atoms with Crippen molar-refractivity contribution in [3.8, 4) is 0 Å². The molecule has 1 saturated heterocycles. The zero-order chi connectivity index (χ0) is 12.3. The van der Waals surface area contributed by atoms with Crippen LogP contribution in [0.4, 0.5) is 0 Å². The molecule has 2 aliphatic rings. The summed E-state index contributed by atoms with van der Waals surface area (Å²) in [7, 11) is 0. The predicted molar refractivity (Wildman–Crippen MR) is 74.4 cm³/mol. The van der Waals surface area contributed by atoms with Gasteiger partial charge in [-0.05, 0) is 31.1 Å². The quantitative estimate of drug-likeness (QED) is 0.841. The number of nitrogens with one attached hydrogen (secondary N) is 1. The summed E-state index contributed by atoms with van der Waals surface area (Å²) in [5.74, 6) is 4.72. The monoisotopic (exact) mass is 255 g/mol. The topological polar surface area (TPSA) is 29.1 Å². The van der Waals surface area contributed by atoms with Crippen LogP contribution in [0.15, 0.2) is 0 Å². The fourth-order valence-corrected chi connectivity index (χ4v) is 3.95. The largest absolute Gasteiger partial charge is 0.312 e. The Labute approximate surface area is 109 Å². The van der Waals surface area contributed by atoms with Gasteiger partial charge in [-0.3, -0.25) is 4.79 Å². The fourth-order valence-electron chi connectivity index (χ4n) is 3.00. The lowest BCUT2D eigenvalue weighted by Crippen LogP contribution is -2.40. The maximum atomic E-state index is 12.3. The maximum Gasteiger partial charge on any atom is 0.137 e. The van der Waals surface area contributed by atoms with Gasteiger partial charge in [-0.25, -0.2) is 0 Å². The van der Waals surface area contributed by atoms with Crippen LogP contribution in [0.3, 0.4) is 0 Å². The van der Waals surface area contributed by atoms with E-state index in [1.807, 2.05) is 11.8 Å². The van der Waals surface area contributed by atoms with Crippen molar-refractivity contribution in [2.75, 3.05) is 18.1 Å². The first-order valence-corrected chi connectivity index (χ1v) is 8.16. The molecule has 1 aliphatic heterocycles. The molecular formula is C14H25NOS. The van der Waals surface area contributed by atoms with Crippen LogP contribution in [0, 0.1) is 17.8 Å². The summed E-state index contributed by atoms with van der Waals surface area (Å²) in [6, 6.07) is 0.441. The SMILES string of the molecule is CC1CCC(C(=O)CC2CSCCN2)CC1C. The van der Waals surface area contributed by atoms with E-state index in [1.54, 1.807) is 0 Å². The number of ketones is 1. The smallest absolute Gasteiger partial charge is 0.137 e. The summed E-state index contributed by atoms with van der Waals surface area (Å²) in [6.07, 6.45) is 4.26. The molecular weight excluding hydrogens is 230 g/mol. The van der Waals surface area contributed by atoms with Gasteiger partial charge in [-0.15, -0.1) is 0 Å². The molecule has 2 fully saturated rings. The standard InChI is InChI=1S/C14H25NOS/c1-10-3-4-12(7-11(10)2)14(16)8-13-9-17-6-5-15-13/h10-13,15H,3-9H2,1-2H3. The highest BCUT2D eigenvalue weighted by atomic mass is 32.2. The maximum absolute atomic E-state index is 12.3. The first kappa shape index (κ1) is 13.4. The Morgan fingerprint density at radius 3 is 2.76 bits per heavy atom. The number of carbonyl (C=O) groups excluding carboxylic acids is 1. The lowest BCUT2D eigenvalue weighted by atomic mass is 9.73. The molecule has 1 aliphatic carbocycles. The average Bonchev–Trinajstić information content (AvgIpc) is 2.34. The molecule has 0 aromatic heterocycles. The van der Waals surface area contributed by atoms with Gasteiger partial charge in [-0.2, -0.15) is 11.8 Å². The Hall–Kier alpha value is -0.0200. The third-order valence-corrected chi connectivity index (χ3v) is 5.63. The zero-order valence-electron chi connectivity index (χ0n) is 11.1. The molecule has 0 bridgehead atoms. The minimum Gasteiger partial charge on any atom is -0.312 e. The first-order valence-electron chi connectivity index (χ1n) is 7.00. The van der Waals surface area contributed by atoms with Crippen molar-refractivity contribution in [1.29, 1.82) is 0 Å². The number of rotatable bonds is 3. The fraction of sp³-hybridized carbons (Fsp3) is 0.929. The molecule has 2 rings (SSSR count). The normalized spacial score (nSPS) is 38.9. The number of carbonyl (C=O) groups is 1. The van der Waals surface area contributed by atoms with E-state index in [0.29, 0.717) is 17.7 Å². The van der Waals surface area contributed by atoms with Crippen LogP contribution in [-0.4, -0.2) is 29.9 Å². The van der Waals surface area contributed by atoms with Crippen molar-refractivity contribution in [2.24, 2.45) is 17.8 Å². The third-order valence-electron chi connectivity index (χ3n) is 4.50. The van der Waals surface area contributed by atoms with E-state index in [2.05, 4.69) is 19.2 Å². The van der Waals surface area contributed by atoms with E-state index in [1.165, 1.54) is 12.2 Å². The minimum absolute atomic E-state index is 0.356. The summed E-state index contributed by atoms with van der Waals surface area (Å²) in [5.41, 5.74) is 0. The van der Waals surface area contributed by atoms with Crippen LogP contribution in [0.25, 0.3) is 0 Å². The van der Waals surface area contributed by atoms with Gasteiger partial charge in [0.05, 0.1) is 0 Å². The summed E-state index contributed by atoms with van der Waals surface area (Å²) in [6.45, 7) is 5.70. The zero-order valence-corrected chi connectivity index (χ0v) is 11.9. The van der Waals surface area contributed by atoms with Crippen LogP contribution in [0.1, 0.15) is 39.5 Å². The van der Waals surface area contributed by atoms with Crippen LogP contribution < -0.4 is 5.32 Å². The predicted octanol–water partition coefficient (Wildman–Crippen LogP) is 2.72. The van der Waals surface area contributed by atoms with Crippen LogP contribution >= 0.6 is 11.8 Å². The van der Waals surface area contributed by atoms with E-state index in [4.69, 9.17) is 0 Å². The molecule has 98 valence electrons. The van der Waals surface area contributed by atoms with Gasteiger partial charge in [0.15, 0.2) is 0 Å². The second-order valence-electron chi connectivity index (χ2n) is 5.86. The Morgan fingerprint density at radius 2 is 2.12 bits per heavy atom. The Balaban J connectivity index is 1.79. The lowest BCUT2D eigenvalue weighted by molar-refractivity contribution is -0.125. The van der Waals surface area contributed by atoms with E-state index < -0.39 is 0 Å². The van der Waals surface area contributed by atoms with Gasteiger partial charge >= 0.3 is 0 Å². The van der Waals surface area contributed by atoms with Gasteiger partial charge in [-0.1, -0.05) is 13.8 Å². The summed E-state index contributed by atoms with van der Waals surface area (Å²) in [5, 5.41) is 3.47. The minimum atomic E-state index is 0.356. The van der Waals surface area contributed by atoms with Crippen molar-refractivity contribution in [3.63, 3.8) is 0 Å². The molecule has 4 atom stereocenters. The number of hydrogen-bond acceptors (Lipinski definition) is 3. The second kappa shape index (κ2) is 6.24. The van der Waals surface area contributed by atoms with E-state index in [-0.39, 0.29) is 0 Å². The van der Waals surface area contributed by atoms with Gasteiger partial charge in [0.2, 0.25) is 0 Å². The molecule has 1 N–H and O–H groups in total. The van der Waals surface area contributed by atoms with Crippen LogP contribution in [-0.2, 0) is 4.79 Å². The Kier molecular flexibility index (Phi) is 4.92. The van der Waals surface area contributed by atoms with Crippen molar-refractivity contribution in [2.45, 2.75) is 45.6 Å². The highest BCUT2D eigenvalue weighted by molar-refractivity contribution is 7.99. The third kappa shape index (κ3) is 3.72. The highest BCUT2D eigenvalue weighted by Gasteiger charge is 2.30. The first-order chi connectivity index (χ1) is 8.16. The summed E-state index contributed by atoms with van der Waals surface area (Å²) < 4.78 is 0.